The quantitative estimate of drug-likeness (QED) is 0.295. The Kier molecular flexibility index (Phi) is 8.35. The van der Waals surface area contributed by atoms with Crippen molar-refractivity contribution < 1.29 is 14.2 Å². The van der Waals surface area contributed by atoms with E-state index < -0.39 is 0 Å². The molecule has 0 amide bonds. The lowest BCUT2D eigenvalue weighted by molar-refractivity contribution is 0.0858. The third-order valence-electron chi connectivity index (χ3n) is 6.76. The molecule has 0 radical (unpaired) electrons. The lowest BCUT2D eigenvalue weighted by atomic mass is 10.1. The van der Waals surface area contributed by atoms with Crippen LogP contribution in [0.2, 0.25) is 0 Å². The highest BCUT2D eigenvalue weighted by atomic mass is 16.5. The maximum Gasteiger partial charge on any atom is 0.320 e. The number of benzene rings is 2. The Bertz CT molecular complexity index is 1320. The Morgan fingerprint density at radius 1 is 0.895 bits per heavy atom. The molecule has 1 aliphatic heterocycles. The summed E-state index contributed by atoms with van der Waals surface area (Å²) in [5, 5.41) is 8.95. The largest absolute Gasteiger partial charge is 0.497 e. The summed E-state index contributed by atoms with van der Waals surface area (Å²) in [7, 11) is 3.31. The van der Waals surface area contributed by atoms with Gasteiger partial charge in [-0.2, -0.15) is 15.1 Å². The van der Waals surface area contributed by atoms with Crippen molar-refractivity contribution in [3.05, 3.63) is 71.4 Å². The number of hydrogen-bond acceptors (Lipinski definition) is 8. The second-order valence-corrected chi connectivity index (χ2v) is 9.78. The Balaban J connectivity index is 1.37. The maximum absolute atomic E-state index is 5.99. The van der Waals surface area contributed by atoms with Crippen LogP contribution >= 0.6 is 0 Å². The van der Waals surface area contributed by atoms with E-state index in [1.807, 2.05) is 42.1 Å². The normalized spacial score (nSPS) is 14.6. The smallest absolute Gasteiger partial charge is 0.320 e. The van der Waals surface area contributed by atoms with Crippen LogP contribution in [0.1, 0.15) is 36.5 Å². The summed E-state index contributed by atoms with van der Waals surface area (Å²) < 4.78 is 18.4. The number of methoxy groups -OCH3 is 2. The first-order valence-electron chi connectivity index (χ1n) is 13.2. The number of nitrogens with one attached hydrogen (secondary N) is 1. The standard InChI is InChI=1S/C29H36N6O3/c1-21(20-36-2)38-29-32-27(30-16-22-10-12-25(37-3)13-11-22)26-17-31-35(28(26)33-29)19-24-8-6-23(7-9-24)18-34-14-4-5-15-34/h6-13,17,21H,4-5,14-16,18-20H2,1-3H3,(H,30,32,33). The molecule has 1 saturated heterocycles. The fourth-order valence-electron chi connectivity index (χ4n) is 4.74. The Morgan fingerprint density at radius 2 is 1.58 bits per heavy atom. The lowest BCUT2D eigenvalue weighted by Crippen LogP contribution is -2.20. The van der Waals surface area contributed by atoms with Gasteiger partial charge in [-0.15, -0.1) is 0 Å². The van der Waals surface area contributed by atoms with Crippen LogP contribution in [-0.2, 0) is 24.4 Å². The molecule has 38 heavy (non-hydrogen) atoms. The van der Waals surface area contributed by atoms with Crippen LogP contribution in [0.5, 0.6) is 11.8 Å². The summed E-state index contributed by atoms with van der Waals surface area (Å²) in [4.78, 5) is 11.9. The topological polar surface area (TPSA) is 86.6 Å². The molecule has 1 fully saturated rings. The van der Waals surface area contributed by atoms with Crippen molar-refractivity contribution >= 4 is 16.9 Å². The van der Waals surface area contributed by atoms with Crippen LogP contribution in [0.15, 0.2) is 54.7 Å². The van der Waals surface area contributed by atoms with Crippen molar-refractivity contribution in [1.82, 2.24) is 24.6 Å². The van der Waals surface area contributed by atoms with Crippen molar-refractivity contribution in [2.24, 2.45) is 0 Å². The van der Waals surface area contributed by atoms with Crippen molar-refractivity contribution in [3.63, 3.8) is 0 Å². The van der Waals surface area contributed by atoms with E-state index in [2.05, 4.69) is 44.6 Å². The molecule has 0 saturated carbocycles. The van der Waals surface area contributed by atoms with Crippen LogP contribution < -0.4 is 14.8 Å². The number of fused-ring (bicyclic) bond motifs is 1. The van der Waals surface area contributed by atoms with E-state index in [9.17, 15) is 0 Å². The number of rotatable bonds is 12. The first-order valence-corrected chi connectivity index (χ1v) is 13.2. The van der Waals surface area contributed by atoms with Crippen LogP contribution in [0.3, 0.4) is 0 Å². The van der Waals surface area contributed by atoms with Crippen LogP contribution in [0.4, 0.5) is 5.82 Å². The van der Waals surface area contributed by atoms with Gasteiger partial charge >= 0.3 is 6.01 Å². The summed E-state index contributed by atoms with van der Waals surface area (Å²) in [5.74, 6) is 1.50. The van der Waals surface area contributed by atoms with Crippen LogP contribution in [-0.4, -0.2) is 64.7 Å². The molecule has 9 heteroatoms. The highest BCUT2D eigenvalue weighted by Crippen LogP contribution is 2.25. The molecule has 1 atom stereocenters. The van der Waals surface area contributed by atoms with Gasteiger partial charge in [0.05, 0.1) is 31.8 Å². The number of ether oxygens (including phenoxy) is 3. The van der Waals surface area contributed by atoms with Gasteiger partial charge in [0.2, 0.25) is 0 Å². The molecule has 2 aromatic heterocycles. The third-order valence-corrected chi connectivity index (χ3v) is 6.76. The summed E-state index contributed by atoms with van der Waals surface area (Å²) in [6, 6.07) is 17.0. The molecule has 0 aliphatic carbocycles. The molecular formula is C29H36N6O3. The van der Waals surface area contributed by atoms with E-state index in [1.165, 1.54) is 37.1 Å². The van der Waals surface area contributed by atoms with Crippen LogP contribution in [0.25, 0.3) is 11.0 Å². The number of nitrogens with zero attached hydrogens (tertiary/aromatic N) is 5. The van der Waals surface area contributed by atoms with E-state index in [0.29, 0.717) is 31.5 Å². The van der Waals surface area contributed by atoms with Gasteiger partial charge in [-0.25, -0.2) is 4.68 Å². The van der Waals surface area contributed by atoms with Crippen LogP contribution in [0, 0.1) is 0 Å². The predicted molar refractivity (Wildman–Crippen MR) is 148 cm³/mol. The SMILES string of the molecule is COCC(C)Oc1nc(NCc2ccc(OC)cc2)c2cnn(Cc3ccc(CN4CCCC4)cc3)c2n1. The highest BCUT2D eigenvalue weighted by molar-refractivity contribution is 5.86. The van der Waals surface area contributed by atoms with Gasteiger partial charge in [-0.1, -0.05) is 36.4 Å². The molecule has 2 aromatic carbocycles. The minimum Gasteiger partial charge on any atom is -0.497 e. The molecule has 5 rings (SSSR count). The number of likely N-dealkylation sites (tertiary alicyclic amines) is 1. The summed E-state index contributed by atoms with van der Waals surface area (Å²) >= 11 is 0. The minimum absolute atomic E-state index is 0.189. The van der Waals surface area contributed by atoms with Gasteiger partial charge in [0.15, 0.2) is 5.65 Å². The Hall–Kier alpha value is -3.69. The molecule has 0 spiro atoms. The molecule has 4 aromatic rings. The van der Waals surface area contributed by atoms with E-state index in [-0.39, 0.29) is 6.10 Å². The molecule has 1 unspecified atom stereocenters. The predicted octanol–water partition coefficient (Wildman–Crippen LogP) is 4.50. The zero-order valence-electron chi connectivity index (χ0n) is 22.4. The van der Waals surface area contributed by atoms with Crippen molar-refractivity contribution in [2.75, 3.05) is 39.2 Å². The van der Waals surface area contributed by atoms with E-state index >= 15 is 0 Å². The summed E-state index contributed by atoms with van der Waals surface area (Å²) in [6.07, 6.45) is 4.24. The Labute approximate surface area is 223 Å². The van der Waals surface area contributed by atoms with E-state index in [1.54, 1.807) is 14.2 Å². The van der Waals surface area contributed by atoms with Gasteiger partial charge < -0.3 is 19.5 Å². The Morgan fingerprint density at radius 3 is 2.26 bits per heavy atom. The van der Waals surface area contributed by atoms with Crippen molar-refractivity contribution in [2.45, 2.75) is 45.5 Å². The number of aromatic nitrogens is 4. The van der Waals surface area contributed by atoms with Gasteiger partial charge in [0.1, 0.15) is 17.7 Å². The summed E-state index contributed by atoms with van der Waals surface area (Å²) in [6.45, 7) is 6.98. The van der Waals surface area contributed by atoms with Gasteiger partial charge in [0, 0.05) is 20.2 Å². The number of hydrogen-bond donors (Lipinski definition) is 1. The zero-order chi connectivity index (χ0) is 26.3. The molecule has 9 nitrogen and oxygen atoms in total. The van der Waals surface area contributed by atoms with E-state index in [4.69, 9.17) is 19.2 Å². The van der Waals surface area contributed by atoms with Crippen molar-refractivity contribution in [1.29, 1.82) is 0 Å². The third kappa shape index (κ3) is 6.41. The lowest BCUT2D eigenvalue weighted by Gasteiger charge is -2.15. The first-order chi connectivity index (χ1) is 18.6. The zero-order valence-corrected chi connectivity index (χ0v) is 22.4. The first kappa shape index (κ1) is 25.9. The van der Waals surface area contributed by atoms with Gasteiger partial charge in [-0.3, -0.25) is 4.90 Å². The van der Waals surface area contributed by atoms with Gasteiger partial charge in [0.25, 0.3) is 0 Å². The fourth-order valence-corrected chi connectivity index (χ4v) is 4.74. The monoisotopic (exact) mass is 516 g/mol. The molecule has 3 heterocycles. The van der Waals surface area contributed by atoms with Gasteiger partial charge in [-0.05, 0) is 61.7 Å². The molecular weight excluding hydrogens is 480 g/mol. The molecule has 200 valence electrons. The van der Waals surface area contributed by atoms with Crippen molar-refractivity contribution in [3.8, 4) is 11.8 Å². The number of anilines is 1. The fraction of sp³-hybridized carbons (Fsp3) is 0.414. The summed E-state index contributed by atoms with van der Waals surface area (Å²) in [5.41, 5.74) is 4.34. The highest BCUT2D eigenvalue weighted by Gasteiger charge is 2.17. The molecule has 0 bridgehead atoms. The van der Waals surface area contributed by atoms with E-state index in [0.717, 1.165) is 28.9 Å². The average molecular weight is 517 g/mol. The second-order valence-electron chi connectivity index (χ2n) is 9.78. The second kappa shape index (κ2) is 12.2. The molecule has 1 N–H and O–H groups in total. The molecule has 1 aliphatic rings. The maximum atomic E-state index is 5.99. The average Bonchev–Trinajstić information content (AvgIpc) is 3.59. The minimum atomic E-state index is -0.189.